The van der Waals surface area contributed by atoms with Gasteiger partial charge in [0.05, 0.1) is 30.5 Å². The van der Waals surface area contributed by atoms with Crippen LogP contribution in [0.25, 0.3) is 11.7 Å². The minimum absolute atomic E-state index is 0.240. The Labute approximate surface area is 229 Å². The molecule has 5 rings (SSSR count). The zero-order valence-electron chi connectivity index (χ0n) is 21.0. The molecule has 4 aromatic rings. The molecule has 1 amide bonds. The fraction of sp³-hybridized carbons (Fsp3) is 0.222. The largest absolute Gasteiger partial charge is 0.497 e. The monoisotopic (exact) mass is 546 g/mol. The average Bonchev–Trinajstić information content (AvgIpc) is 3.53. The molecule has 4 heterocycles. The third-order valence-corrected chi connectivity index (χ3v) is 7.56. The number of aromatic nitrogens is 4. The van der Waals surface area contributed by atoms with Crippen LogP contribution in [0.15, 0.2) is 71.0 Å². The van der Waals surface area contributed by atoms with E-state index in [4.69, 9.17) is 21.9 Å². The molecule has 0 saturated carbocycles. The van der Waals surface area contributed by atoms with Gasteiger partial charge in [0.1, 0.15) is 21.5 Å². The molecule has 38 heavy (non-hydrogen) atoms. The second-order valence-corrected chi connectivity index (χ2v) is 10.4. The summed E-state index contributed by atoms with van der Waals surface area (Å²) in [7, 11) is 1.61. The lowest BCUT2D eigenvalue weighted by atomic mass is 10.2. The van der Waals surface area contributed by atoms with Gasteiger partial charge in [0.15, 0.2) is 0 Å². The number of thiocarbonyl (C=S) groups is 1. The van der Waals surface area contributed by atoms with Crippen LogP contribution < -0.4 is 15.6 Å². The summed E-state index contributed by atoms with van der Waals surface area (Å²) in [5, 5.41) is 3.32. The summed E-state index contributed by atoms with van der Waals surface area (Å²) < 4.78 is 9.15. The zero-order chi connectivity index (χ0) is 26.6. The molecule has 1 aliphatic heterocycles. The highest BCUT2D eigenvalue weighted by molar-refractivity contribution is 8.26. The molecule has 0 unspecified atom stereocenters. The number of nitrogens with zero attached hydrogens (tertiary/aromatic N) is 5. The summed E-state index contributed by atoms with van der Waals surface area (Å²) >= 11 is 6.71. The van der Waals surface area contributed by atoms with Crippen LogP contribution in [0.3, 0.4) is 0 Å². The number of methoxy groups -OCH3 is 1. The van der Waals surface area contributed by atoms with Gasteiger partial charge >= 0.3 is 0 Å². The smallest absolute Gasteiger partial charge is 0.267 e. The minimum atomic E-state index is -0.253. The molecule has 194 valence electrons. The Morgan fingerprint density at radius 2 is 1.97 bits per heavy atom. The number of carbonyl (C=O) groups excluding carboxylic acids is 1. The van der Waals surface area contributed by atoms with Gasteiger partial charge in [-0.1, -0.05) is 42.2 Å². The first kappa shape index (κ1) is 25.7. The number of nitrogens with one attached hydrogen (secondary N) is 1. The number of imidazole rings is 1. The van der Waals surface area contributed by atoms with Gasteiger partial charge in [-0.25, -0.2) is 9.97 Å². The Balaban J connectivity index is 1.43. The van der Waals surface area contributed by atoms with Crippen LogP contribution in [-0.2, 0) is 17.9 Å². The standard InChI is InChI=1S/C27H26N6O3S2/c1-18-5-3-13-32-24(18)30-23(29-10-4-12-31-14-11-28-17-31)21(25(32)34)15-22-26(35)33(27(37)38-22)16-19-6-8-20(36-2)9-7-19/h3,5-9,11,13-15,17,29H,4,10,12,16H2,1-2H3/b22-15-. The number of hydrogen-bond acceptors (Lipinski definition) is 8. The van der Waals surface area contributed by atoms with E-state index in [1.165, 1.54) is 16.2 Å². The van der Waals surface area contributed by atoms with Gasteiger partial charge in [0.25, 0.3) is 11.5 Å². The second-order valence-electron chi connectivity index (χ2n) is 8.76. The van der Waals surface area contributed by atoms with Crippen molar-refractivity contribution < 1.29 is 9.53 Å². The number of aryl methyl sites for hydroxylation is 2. The molecule has 0 radical (unpaired) electrons. The summed E-state index contributed by atoms with van der Waals surface area (Å²) in [6, 6.07) is 11.2. The number of hydrogen-bond donors (Lipinski definition) is 1. The number of thioether (sulfide) groups is 1. The van der Waals surface area contributed by atoms with E-state index in [2.05, 4.69) is 10.3 Å². The molecule has 0 atom stereocenters. The highest BCUT2D eigenvalue weighted by Crippen LogP contribution is 2.34. The number of ether oxygens (including phenoxy) is 1. The summed E-state index contributed by atoms with van der Waals surface area (Å²) in [5.41, 5.74) is 2.44. The van der Waals surface area contributed by atoms with Crippen molar-refractivity contribution >= 4 is 51.7 Å². The maximum Gasteiger partial charge on any atom is 0.267 e. The summed E-state index contributed by atoms with van der Waals surface area (Å²) in [4.78, 5) is 37.7. The van der Waals surface area contributed by atoms with Gasteiger partial charge in [-0.15, -0.1) is 0 Å². The molecular formula is C27H26N6O3S2. The van der Waals surface area contributed by atoms with Crippen LogP contribution in [-0.4, -0.2) is 47.7 Å². The van der Waals surface area contributed by atoms with Crippen molar-refractivity contribution in [3.63, 3.8) is 0 Å². The molecule has 0 spiro atoms. The maximum atomic E-state index is 13.6. The Hall–Kier alpha value is -3.96. The van der Waals surface area contributed by atoms with Gasteiger partial charge in [-0.2, -0.15) is 0 Å². The normalized spacial score (nSPS) is 14.6. The third kappa shape index (κ3) is 5.34. The molecule has 0 bridgehead atoms. The van der Waals surface area contributed by atoms with Gasteiger partial charge in [0, 0.05) is 31.7 Å². The van der Waals surface area contributed by atoms with Gasteiger partial charge in [-0.05, 0) is 48.7 Å². The highest BCUT2D eigenvalue weighted by Gasteiger charge is 2.32. The van der Waals surface area contributed by atoms with Crippen molar-refractivity contribution in [2.75, 3.05) is 19.0 Å². The van der Waals surface area contributed by atoms with Crippen molar-refractivity contribution in [2.45, 2.75) is 26.4 Å². The van der Waals surface area contributed by atoms with Crippen molar-refractivity contribution in [3.05, 3.63) is 93.3 Å². The highest BCUT2D eigenvalue weighted by atomic mass is 32.2. The lowest BCUT2D eigenvalue weighted by molar-refractivity contribution is -0.122. The van der Waals surface area contributed by atoms with Crippen LogP contribution in [0.1, 0.15) is 23.1 Å². The predicted molar refractivity (Wildman–Crippen MR) is 153 cm³/mol. The molecule has 3 aromatic heterocycles. The molecule has 1 aliphatic rings. The van der Waals surface area contributed by atoms with E-state index < -0.39 is 0 Å². The number of fused-ring (bicyclic) bond motifs is 1. The van der Waals surface area contributed by atoms with Crippen molar-refractivity contribution in [1.82, 2.24) is 23.8 Å². The van der Waals surface area contributed by atoms with E-state index in [0.29, 0.717) is 39.3 Å². The van der Waals surface area contributed by atoms with Gasteiger partial charge in [-0.3, -0.25) is 18.9 Å². The summed E-state index contributed by atoms with van der Waals surface area (Å²) in [6.07, 6.45) is 9.51. The van der Waals surface area contributed by atoms with Crippen molar-refractivity contribution in [2.24, 2.45) is 0 Å². The molecule has 1 saturated heterocycles. The summed E-state index contributed by atoms with van der Waals surface area (Å²) in [5.74, 6) is 0.939. The van der Waals surface area contributed by atoms with Crippen molar-refractivity contribution in [1.29, 1.82) is 0 Å². The first-order valence-corrected chi connectivity index (χ1v) is 13.3. The number of amides is 1. The molecule has 11 heteroatoms. The van der Waals surface area contributed by atoms with Crippen LogP contribution in [0.2, 0.25) is 0 Å². The molecule has 1 N–H and O–H groups in total. The lowest BCUT2D eigenvalue weighted by Crippen LogP contribution is -2.27. The predicted octanol–water partition coefficient (Wildman–Crippen LogP) is 4.11. The van der Waals surface area contributed by atoms with E-state index in [-0.39, 0.29) is 11.5 Å². The number of pyridine rings is 1. The van der Waals surface area contributed by atoms with Crippen molar-refractivity contribution in [3.8, 4) is 5.75 Å². The molecule has 1 fully saturated rings. The first-order chi connectivity index (χ1) is 18.4. The Bertz CT molecular complexity index is 1580. The van der Waals surface area contributed by atoms with Gasteiger partial charge in [0.2, 0.25) is 0 Å². The SMILES string of the molecule is COc1ccc(CN2C(=O)/C(=C/c3c(NCCCn4ccnc4)nc4c(C)cccn4c3=O)SC2=S)cc1. The second kappa shape index (κ2) is 11.2. The van der Waals surface area contributed by atoms with Crippen LogP contribution >= 0.6 is 24.0 Å². The van der Waals surface area contributed by atoms with E-state index in [0.717, 1.165) is 29.8 Å². The van der Waals surface area contributed by atoms with E-state index >= 15 is 0 Å². The fourth-order valence-corrected chi connectivity index (χ4v) is 5.38. The molecule has 1 aromatic carbocycles. The van der Waals surface area contributed by atoms with Crippen LogP contribution in [0, 0.1) is 6.92 Å². The number of rotatable bonds is 9. The number of benzene rings is 1. The minimum Gasteiger partial charge on any atom is -0.497 e. The Morgan fingerprint density at radius 3 is 2.71 bits per heavy atom. The molecule has 9 nitrogen and oxygen atoms in total. The summed E-state index contributed by atoms with van der Waals surface area (Å²) in [6.45, 7) is 3.61. The number of carbonyl (C=O) groups is 1. The van der Waals surface area contributed by atoms with E-state index in [1.807, 2.05) is 54.1 Å². The fourth-order valence-electron chi connectivity index (χ4n) is 4.14. The zero-order valence-corrected chi connectivity index (χ0v) is 22.6. The van der Waals surface area contributed by atoms with Crippen LogP contribution in [0.5, 0.6) is 5.75 Å². The third-order valence-electron chi connectivity index (χ3n) is 6.18. The van der Waals surface area contributed by atoms with E-state index in [9.17, 15) is 9.59 Å². The quantitative estimate of drug-likeness (QED) is 0.190. The average molecular weight is 547 g/mol. The molecule has 0 aliphatic carbocycles. The lowest BCUT2D eigenvalue weighted by Gasteiger charge is -2.15. The van der Waals surface area contributed by atoms with Crippen LogP contribution in [0.4, 0.5) is 5.82 Å². The number of anilines is 1. The van der Waals surface area contributed by atoms with E-state index in [1.54, 1.807) is 36.8 Å². The molecular weight excluding hydrogens is 520 g/mol. The topological polar surface area (TPSA) is 93.8 Å². The Kier molecular flexibility index (Phi) is 7.57. The Morgan fingerprint density at radius 1 is 1.16 bits per heavy atom. The van der Waals surface area contributed by atoms with Gasteiger partial charge < -0.3 is 14.6 Å². The maximum absolute atomic E-state index is 13.6. The first-order valence-electron chi connectivity index (χ1n) is 12.0.